The highest BCUT2D eigenvalue weighted by molar-refractivity contribution is 7.92. The van der Waals surface area contributed by atoms with Gasteiger partial charge in [0.15, 0.2) is 11.5 Å². The lowest BCUT2D eigenvalue weighted by Gasteiger charge is -2.24. The van der Waals surface area contributed by atoms with Crippen LogP contribution in [0, 0.1) is 0 Å². The van der Waals surface area contributed by atoms with Crippen LogP contribution in [0.15, 0.2) is 42.5 Å². The van der Waals surface area contributed by atoms with Gasteiger partial charge in [-0.1, -0.05) is 12.1 Å². The zero-order valence-electron chi connectivity index (χ0n) is 16.4. The monoisotopic (exact) mass is 420 g/mol. The van der Waals surface area contributed by atoms with Gasteiger partial charge in [-0.25, -0.2) is 8.42 Å². The summed E-state index contributed by atoms with van der Waals surface area (Å²) in [5, 5.41) is 2.75. The van der Waals surface area contributed by atoms with Crippen molar-refractivity contribution in [2.45, 2.75) is 13.5 Å². The van der Waals surface area contributed by atoms with Crippen molar-refractivity contribution in [3.05, 3.63) is 48.0 Å². The first kappa shape index (κ1) is 20.8. The van der Waals surface area contributed by atoms with Crippen LogP contribution < -0.4 is 23.8 Å². The third-order valence-electron chi connectivity index (χ3n) is 4.20. The van der Waals surface area contributed by atoms with Gasteiger partial charge >= 0.3 is 0 Å². The predicted octanol–water partition coefficient (Wildman–Crippen LogP) is 1.94. The van der Waals surface area contributed by atoms with Crippen molar-refractivity contribution >= 4 is 21.6 Å². The summed E-state index contributed by atoms with van der Waals surface area (Å²) in [6.07, 6.45) is 1.06. The average Bonchev–Trinajstić information content (AvgIpc) is 2.70. The number of sulfonamides is 1. The van der Waals surface area contributed by atoms with Gasteiger partial charge in [0.2, 0.25) is 15.9 Å². The average molecular weight is 420 g/mol. The highest BCUT2D eigenvalue weighted by Crippen LogP contribution is 2.34. The molecule has 0 spiro atoms. The molecule has 3 rings (SSSR count). The number of rotatable bonds is 8. The molecule has 1 heterocycles. The van der Waals surface area contributed by atoms with Crippen molar-refractivity contribution in [3.63, 3.8) is 0 Å². The maximum Gasteiger partial charge on any atom is 0.241 e. The highest BCUT2D eigenvalue weighted by atomic mass is 32.2. The summed E-state index contributed by atoms with van der Waals surface area (Å²) in [6, 6.07) is 12.2. The molecule has 0 unspecified atom stereocenters. The largest absolute Gasteiger partial charge is 0.494 e. The van der Waals surface area contributed by atoms with Crippen LogP contribution in [-0.2, 0) is 21.4 Å². The summed E-state index contributed by atoms with van der Waals surface area (Å²) in [5.41, 5.74) is 1.19. The molecule has 9 heteroatoms. The second-order valence-electron chi connectivity index (χ2n) is 6.45. The summed E-state index contributed by atoms with van der Waals surface area (Å²) >= 11 is 0. The standard InChI is InChI=1S/C20H24N2O6S/c1-3-26-17-6-4-5-15(11-17)13-21-20(23)14-22(29(2,24)25)16-7-8-18-19(12-16)28-10-9-27-18/h4-8,11-12H,3,9-10,13-14H2,1-2H3,(H,21,23). The number of ether oxygens (including phenoxy) is 3. The Kier molecular flexibility index (Phi) is 6.48. The highest BCUT2D eigenvalue weighted by Gasteiger charge is 2.23. The van der Waals surface area contributed by atoms with Crippen molar-refractivity contribution < 1.29 is 27.4 Å². The normalized spacial score (nSPS) is 12.9. The van der Waals surface area contributed by atoms with E-state index in [2.05, 4.69) is 5.32 Å². The third-order valence-corrected chi connectivity index (χ3v) is 5.34. The number of hydrogen-bond acceptors (Lipinski definition) is 6. The maximum absolute atomic E-state index is 12.4. The predicted molar refractivity (Wildman–Crippen MR) is 109 cm³/mol. The Bertz CT molecular complexity index is 977. The summed E-state index contributed by atoms with van der Waals surface area (Å²) in [5.74, 6) is 1.29. The number of carbonyl (C=O) groups is 1. The van der Waals surface area contributed by atoms with Crippen LogP contribution in [0.5, 0.6) is 17.2 Å². The van der Waals surface area contributed by atoms with Crippen LogP contribution in [0.2, 0.25) is 0 Å². The Hall–Kier alpha value is -2.94. The van der Waals surface area contributed by atoms with Crippen LogP contribution in [-0.4, -0.2) is 46.9 Å². The number of benzene rings is 2. The van der Waals surface area contributed by atoms with E-state index in [0.717, 1.165) is 16.1 Å². The molecule has 1 amide bonds. The molecule has 2 aromatic rings. The Morgan fingerprint density at radius 2 is 1.90 bits per heavy atom. The first-order valence-corrected chi connectivity index (χ1v) is 11.1. The second kappa shape index (κ2) is 9.04. The van der Waals surface area contributed by atoms with Crippen LogP contribution in [0.1, 0.15) is 12.5 Å². The van der Waals surface area contributed by atoms with E-state index in [9.17, 15) is 13.2 Å². The van der Waals surface area contributed by atoms with Gasteiger partial charge in [-0.05, 0) is 36.8 Å². The Morgan fingerprint density at radius 3 is 2.62 bits per heavy atom. The van der Waals surface area contributed by atoms with Gasteiger partial charge in [0, 0.05) is 12.6 Å². The van der Waals surface area contributed by atoms with Crippen LogP contribution in [0.3, 0.4) is 0 Å². The molecule has 0 atom stereocenters. The molecule has 0 bridgehead atoms. The molecule has 0 saturated carbocycles. The van der Waals surface area contributed by atoms with E-state index in [4.69, 9.17) is 14.2 Å². The van der Waals surface area contributed by atoms with E-state index >= 15 is 0 Å². The minimum Gasteiger partial charge on any atom is -0.494 e. The maximum atomic E-state index is 12.4. The fourth-order valence-corrected chi connectivity index (χ4v) is 3.73. The number of nitrogens with one attached hydrogen (secondary N) is 1. The van der Waals surface area contributed by atoms with Gasteiger partial charge in [0.05, 0.1) is 18.6 Å². The summed E-state index contributed by atoms with van der Waals surface area (Å²) in [7, 11) is -3.68. The lowest BCUT2D eigenvalue weighted by molar-refractivity contribution is -0.119. The molecule has 1 aliphatic rings. The van der Waals surface area contributed by atoms with Crippen molar-refractivity contribution in [2.75, 3.05) is 36.9 Å². The fourth-order valence-electron chi connectivity index (χ4n) is 2.89. The Balaban J connectivity index is 1.69. The lowest BCUT2D eigenvalue weighted by atomic mass is 10.2. The number of amides is 1. The van der Waals surface area contributed by atoms with Gasteiger partial charge in [-0.3, -0.25) is 9.10 Å². The molecule has 0 fully saturated rings. The minimum atomic E-state index is -3.68. The summed E-state index contributed by atoms with van der Waals surface area (Å²) < 4.78 is 42.0. The molecular weight excluding hydrogens is 396 g/mol. The van der Waals surface area contributed by atoms with Crippen LogP contribution >= 0.6 is 0 Å². The molecule has 156 valence electrons. The quantitative estimate of drug-likeness (QED) is 0.701. The smallest absolute Gasteiger partial charge is 0.241 e. The minimum absolute atomic E-state index is 0.262. The topological polar surface area (TPSA) is 94.2 Å². The van der Waals surface area contributed by atoms with Gasteiger partial charge in [-0.15, -0.1) is 0 Å². The zero-order valence-corrected chi connectivity index (χ0v) is 17.2. The summed E-state index contributed by atoms with van der Waals surface area (Å²) in [6.45, 7) is 3.19. The molecule has 2 aromatic carbocycles. The molecule has 0 aromatic heterocycles. The van der Waals surface area contributed by atoms with E-state index in [1.54, 1.807) is 18.2 Å². The third kappa shape index (κ3) is 5.54. The molecule has 0 aliphatic carbocycles. The number of nitrogens with zero attached hydrogens (tertiary/aromatic N) is 1. The summed E-state index contributed by atoms with van der Waals surface area (Å²) in [4.78, 5) is 12.4. The first-order chi connectivity index (χ1) is 13.9. The molecule has 1 N–H and O–H groups in total. The Morgan fingerprint density at radius 1 is 1.14 bits per heavy atom. The van der Waals surface area contributed by atoms with E-state index in [1.165, 1.54) is 0 Å². The molecular formula is C20H24N2O6S. The zero-order chi connectivity index (χ0) is 20.9. The number of anilines is 1. The second-order valence-corrected chi connectivity index (χ2v) is 8.36. The van der Waals surface area contributed by atoms with E-state index in [0.29, 0.717) is 42.8 Å². The van der Waals surface area contributed by atoms with Crippen molar-refractivity contribution in [1.82, 2.24) is 5.32 Å². The van der Waals surface area contributed by atoms with Gasteiger partial charge < -0.3 is 19.5 Å². The van der Waals surface area contributed by atoms with Crippen molar-refractivity contribution in [2.24, 2.45) is 0 Å². The first-order valence-electron chi connectivity index (χ1n) is 9.22. The fraction of sp³-hybridized carbons (Fsp3) is 0.350. The van der Waals surface area contributed by atoms with Crippen molar-refractivity contribution in [1.29, 1.82) is 0 Å². The number of carbonyl (C=O) groups excluding carboxylic acids is 1. The van der Waals surface area contributed by atoms with E-state index in [1.807, 2.05) is 31.2 Å². The van der Waals surface area contributed by atoms with Gasteiger partial charge in [0.25, 0.3) is 0 Å². The van der Waals surface area contributed by atoms with Crippen LogP contribution in [0.25, 0.3) is 0 Å². The molecule has 0 saturated heterocycles. The number of fused-ring (bicyclic) bond motifs is 1. The van der Waals surface area contributed by atoms with Crippen LogP contribution in [0.4, 0.5) is 5.69 Å². The molecule has 8 nitrogen and oxygen atoms in total. The Labute approximate surface area is 170 Å². The molecule has 0 radical (unpaired) electrons. The van der Waals surface area contributed by atoms with Gasteiger partial charge in [0.1, 0.15) is 25.5 Å². The van der Waals surface area contributed by atoms with E-state index in [-0.39, 0.29) is 13.1 Å². The molecule has 29 heavy (non-hydrogen) atoms. The molecule has 1 aliphatic heterocycles. The number of hydrogen-bond donors (Lipinski definition) is 1. The van der Waals surface area contributed by atoms with Crippen molar-refractivity contribution in [3.8, 4) is 17.2 Å². The SMILES string of the molecule is CCOc1cccc(CNC(=O)CN(c2ccc3c(c2)OCCO3)S(C)(=O)=O)c1. The van der Waals surface area contributed by atoms with E-state index < -0.39 is 15.9 Å². The lowest BCUT2D eigenvalue weighted by Crippen LogP contribution is -2.40. The van der Waals surface area contributed by atoms with Gasteiger partial charge in [-0.2, -0.15) is 0 Å².